The van der Waals surface area contributed by atoms with Gasteiger partial charge in [-0.3, -0.25) is 13.4 Å². The van der Waals surface area contributed by atoms with Gasteiger partial charge in [0.25, 0.3) is 0 Å². The van der Waals surface area contributed by atoms with Gasteiger partial charge in [-0.25, -0.2) is 13.1 Å². The number of nitrogens with zero attached hydrogens (tertiary/aromatic N) is 2. The standard InChI is InChI=1S/C18H23F2N3O2S/c1-2-21-12-5-6-13-22-16-10-3-4-11-17(16)23(26(22,24)25)18-14(19)8-7-9-15(18)20/h3-4,7-11,21,24-25H,2,5-6,12-13H2,1H3. The second-order valence-electron chi connectivity index (χ2n) is 6.01. The first kappa shape index (κ1) is 18.9. The highest BCUT2D eigenvalue weighted by Gasteiger charge is 2.43. The average molecular weight is 383 g/mol. The third kappa shape index (κ3) is 3.37. The number of nitrogens with one attached hydrogen (secondary N) is 1. The van der Waals surface area contributed by atoms with Crippen molar-refractivity contribution in [3.63, 3.8) is 0 Å². The first-order valence-corrected chi connectivity index (χ1v) is 10.0. The van der Waals surface area contributed by atoms with Crippen molar-refractivity contribution < 1.29 is 17.9 Å². The molecule has 1 heterocycles. The normalized spacial score (nSPS) is 16.7. The molecule has 5 nitrogen and oxygen atoms in total. The van der Waals surface area contributed by atoms with E-state index in [2.05, 4.69) is 5.32 Å². The maximum atomic E-state index is 14.3. The first-order chi connectivity index (χ1) is 12.5. The van der Waals surface area contributed by atoms with Crippen LogP contribution in [-0.2, 0) is 0 Å². The van der Waals surface area contributed by atoms with Crippen LogP contribution in [0.15, 0.2) is 42.5 Å². The van der Waals surface area contributed by atoms with E-state index in [1.54, 1.807) is 24.3 Å². The summed E-state index contributed by atoms with van der Waals surface area (Å²) >= 11 is 0. The molecular formula is C18H23F2N3O2S. The summed E-state index contributed by atoms with van der Waals surface area (Å²) < 4.78 is 52.9. The first-order valence-electron chi connectivity index (χ1n) is 8.58. The maximum absolute atomic E-state index is 14.3. The van der Waals surface area contributed by atoms with E-state index in [4.69, 9.17) is 0 Å². The van der Waals surface area contributed by atoms with Crippen LogP contribution in [0.5, 0.6) is 0 Å². The van der Waals surface area contributed by atoms with Crippen LogP contribution in [0, 0.1) is 11.6 Å². The second-order valence-corrected chi connectivity index (χ2v) is 7.79. The van der Waals surface area contributed by atoms with Gasteiger partial charge in [-0.15, -0.1) is 0 Å². The lowest BCUT2D eigenvalue weighted by atomic mass is 10.2. The van der Waals surface area contributed by atoms with Crippen molar-refractivity contribution in [1.29, 1.82) is 0 Å². The van der Waals surface area contributed by atoms with Crippen LogP contribution in [0.25, 0.3) is 0 Å². The van der Waals surface area contributed by atoms with Crippen LogP contribution in [0.3, 0.4) is 0 Å². The highest BCUT2D eigenvalue weighted by atomic mass is 32.3. The van der Waals surface area contributed by atoms with E-state index in [0.29, 0.717) is 24.3 Å². The van der Waals surface area contributed by atoms with E-state index < -0.39 is 28.3 Å². The topological polar surface area (TPSA) is 59.0 Å². The molecule has 2 aromatic rings. The van der Waals surface area contributed by atoms with Gasteiger partial charge in [-0.05, 0) is 61.2 Å². The molecule has 3 rings (SSSR count). The number of halogens is 2. The number of hydrogen-bond acceptors (Lipinski definition) is 5. The quantitative estimate of drug-likeness (QED) is 0.594. The van der Waals surface area contributed by atoms with Crippen LogP contribution >= 0.6 is 11.0 Å². The Balaban J connectivity index is 1.94. The number of para-hydroxylation sites is 3. The molecule has 0 aromatic heterocycles. The SMILES string of the molecule is CCNCCCCN1c2ccccc2N(c2c(F)cccc2F)S1(O)O. The summed E-state index contributed by atoms with van der Waals surface area (Å²) in [5.74, 6) is -1.68. The fourth-order valence-corrected chi connectivity index (χ4v) is 4.89. The number of hydrogen-bond donors (Lipinski definition) is 3. The summed E-state index contributed by atoms with van der Waals surface area (Å²) in [6.07, 6.45) is 1.57. The zero-order valence-electron chi connectivity index (χ0n) is 14.5. The van der Waals surface area contributed by atoms with Gasteiger partial charge in [0.2, 0.25) is 0 Å². The van der Waals surface area contributed by atoms with Crippen molar-refractivity contribution in [1.82, 2.24) is 5.32 Å². The van der Waals surface area contributed by atoms with Gasteiger partial charge in [-0.1, -0.05) is 25.1 Å². The second kappa shape index (κ2) is 7.79. The fourth-order valence-electron chi connectivity index (χ4n) is 3.06. The van der Waals surface area contributed by atoms with E-state index in [1.807, 2.05) is 6.92 Å². The van der Waals surface area contributed by atoms with Gasteiger partial charge in [0, 0.05) is 6.54 Å². The molecule has 0 saturated carbocycles. The zero-order chi connectivity index (χ0) is 18.7. The Bertz CT molecular complexity index is 756. The molecule has 142 valence electrons. The predicted molar refractivity (Wildman–Crippen MR) is 103 cm³/mol. The number of fused-ring (bicyclic) bond motifs is 1. The minimum Gasteiger partial charge on any atom is -0.317 e. The Morgan fingerprint density at radius 2 is 1.62 bits per heavy atom. The Morgan fingerprint density at radius 3 is 2.27 bits per heavy atom. The van der Waals surface area contributed by atoms with Gasteiger partial charge >= 0.3 is 0 Å². The lowest BCUT2D eigenvalue weighted by Gasteiger charge is -2.43. The van der Waals surface area contributed by atoms with Crippen molar-refractivity contribution in [3.05, 3.63) is 54.1 Å². The van der Waals surface area contributed by atoms with Gasteiger partial charge < -0.3 is 5.32 Å². The zero-order valence-corrected chi connectivity index (χ0v) is 15.3. The van der Waals surface area contributed by atoms with Crippen LogP contribution in [0.4, 0.5) is 25.8 Å². The van der Waals surface area contributed by atoms with E-state index in [-0.39, 0.29) is 0 Å². The van der Waals surface area contributed by atoms with Crippen LogP contribution in [0.1, 0.15) is 19.8 Å². The molecule has 0 amide bonds. The number of rotatable bonds is 7. The Labute approximate surface area is 153 Å². The van der Waals surface area contributed by atoms with Gasteiger partial charge in [0.15, 0.2) is 11.6 Å². The lowest BCUT2D eigenvalue weighted by Crippen LogP contribution is -2.33. The minimum atomic E-state index is -3.61. The number of anilines is 3. The smallest absolute Gasteiger partial charge is 0.151 e. The molecule has 2 aromatic carbocycles. The van der Waals surface area contributed by atoms with E-state index in [1.165, 1.54) is 10.4 Å². The molecule has 0 aliphatic carbocycles. The van der Waals surface area contributed by atoms with E-state index >= 15 is 0 Å². The molecular weight excluding hydrogens is 360 g/mol. The predicted octanol–water partition coefficient (Wildman–Crippen LogP) is 4.89. The summed E-state index contributed by atoms with van der Waals surface area (Å²) in [6.45, 7) is 4.10. The highest BCUT2D eigenvalue weighted by Crippen LogP contribution is 2.64. The van der Waals surface area contributed by atoms with Crippen molar-refractivity contribution in [2.45, 2.75) is 19.8 Å². The largest absolute Gasteiger partial charge is 0.317 e. The number of benzene rings is 2. The molecule has 3 N–H and O–H groups in total. The minimum absolute atomic E-state index is 0.372. The van der Waals surface area contributed by atoms with E-state index in [9.17, 15) is 17.9 Å². The molecule has 0 bridgehead atoms. The summed E-state index contributed by atoms with van der Waals surface area (Å²) in [5.41, 5.74) is 0.483. The number of unbranched alkanes of at least 4 members (excludes halogenated alkanes) is 1. The Morgan fingerprint density at radius 1 is 0.962 bits per heavy atom. The molecule has 1 aliphatic rings. The van der Waals surface area contributed by atoms with Crippen molar-refractivity contribution in [2.75, 3.05) is 28.2 Å². The van der Waals surface area contributed by atoms with E-state index in [0.717, 1.165) is 35.9 Å². The van der Waals surface area contributed by atoms with Crippen LogP contribution in [-0.4, -0.2) is 28.7 Å². The van der Waals surface area contributed by atoms with Gasteiger partial charge in [0.05, 0.1) is 11.4 Å². The molecule has 0 saturated heterocycles. The van der Waals surface area contributed by atoms with Crippen molar-refractivity contribution >= 4 is 28.0 Å². The molecule has 1 aliphatic heterocycles. The molecule has 0 radical (unpaired) electrons. The maximum Gasteiger partial charge on any atom is 0.151 e. The van der Waals surface area contributed by atoms with Gasteiger partial charge in [-0.2, -0.15) is 0 Å². The molecule has 0 fully saturated rings. The molecule has 26 heavy (non-hydrogen) atoms. The third-order valence-corrected chi connectivity index (χ3v) is 6.11. The molecule has 8 heteroatoms. The highest BCUT2D eigenvalue weighted by molar-refractivity contribution is 8.27. The summed E-state index contributed by atoms with van der Waals surface area (Å²) in [7, 11) is -3.61. The summed E-state index contributed by atoms with van der Waals surface area (Å²) in [4.78, 5) is 0. The van der Waals surface area contributed by atoms with Crippen LogP contribution < -0.4 is 13.9 Å². The third-order valence-electron chi connectivity index (χ3n) is 4.27. The molecule has 0 spiro atoms. The van der Waals surface area contributed by atoms with Crippen molar-refractivity contribution in [2.24, 2.45) is 0 Å². The molecule has 0 atom stereocenters. The average Bonchev–Trinajstić information content (AvgIpc) is 2.82. The Hall–Kier alpha value is -1.87. The summed E-state index contributed by atoms with van der Waals surface area (Å²) in [5, 5.41) is 3.22. The fraction of sp³-hybridized carbons (Fsp3) is 0.333. The summed E-state index contributed by atoms with van der Waals surface area (Å²) in [6, 6.07) is 10.3. The Kier molecular flexibility index (Phi) is 5.67. The van der Waals surface area contributed by atoms with Gasteiger partial charge in [0.1, 0.15) is 5.69 Å². The lowest BCUT2D eigenvalue weighted by molar-refractivity contribution is 0.480. The van der Waals surface area contributed by atoms with Crippen LogP contribution in [0.2, 0.25) is 0 Å². The van der Waals surface area contributed by atoms with Crippen molar-refractivity contribution in [3.8, 4) is 0 Å². The monoisotopic (exact) mass is 383 g/mol. The molecule has 0 unspecified atom stereocenters.